The molecule has 0 bridgehead atoms. The highest BCUT2D eigenvalue weighted by Gasteiger charge is 2.33. The summed E-state index contributed by atoms with van der Waals surface area (Å²) in [7, 11) is 0. The van der Waals surface area contributed by atoms with Crippen LogP contribution >= 0.6 is 11.8 Å². The van der Waals surface area contributed by atoms with Gasteiger partial charge in [-0.3, -0.25) is 9.69 Å². The summed E-state index contributed by atoms with van der Waals surface area (Å²) in [6.07, 6.45) is 2.64. The third-order valence-electron chi connectivity index (χ3n) is 6.05. The number of carbonyl (C=O) groups excluding carboxylic acids is 1. The molecule has 0 saturated carbocycles. The summed E-state index contributed by atoms with van der Waals surface area (Å²) < 4.78 is 5.88. The number of hydrogen-bond donors (Lipinski definition) is 0. The molecular weight excluding hydrogens is 490 g/mol. The second kappa shape index (κ2) is 12.1. The van der Waals surface area contributed by atoms with Gasteiger partial charge in [-0.05, 0) is 65.7 Å². The van der Waals surface area contributed by atoms with Gasteiger partial charge in [0.25, 0.3) is 5.91 Å². The average Bonchev–Trinajstić information content (AvgIpc) is 3.25. The monoisotopic (exact) mass is 515 g/mol. The molecule has 5 rings (SSSR count). The first kappa shape index (κ1) is 25.1. The van der Waals surface area contributed by atoms with Gasteiger partial charge in [-0.1, -0.05) is 78.9 Å². The topological polar surface area (TPSA) is 65.7 Å². The van der Waals surface area contributed by atoms with Crippen molar-refractivity contribution in [1.82, 2.24) is 4.90 Å². The fraction of sp³-hybridized carbons (Fsp3) is 0.0938. The van der Waals surface area contributed by atoms with Crippen molar-refractivity contribution in [3.05, 3.63) is 136 Å². The zero-order valence-electron chi connectivity index (χ0n) is 20.7. The first-order chi connectivity index (χ1) is 18.7. The Bertz CT molecular complexity index is 1510. The maximum absolute atomic E-state index is 13.4. The van der Waals surface area contributed by atoms with Crippen molar-refractivity contribution in [2.24, 2.45) is 4.99 Å². The molecule has 186 valence electrons. The number of ether oxygens (including phenoxy) is 1. The first-order valence-corrected chi connectivity index (χ1v) is 13.1. The first-order valence-electron chi connectivity index (χ1n) is 12.3. The smallest absolute Gasteiger partial charge is 0.266 e. The van der Waals surface area contributed by atoms with Crippen molar-refractivity contribution in [2.45, 2.75) is 13.0 Å². The Morgan fingerprint density at radius 3 is 2.29 bits per heavy atom. The molecule has 5 nitrogen and oxygen atoms in total. The molecule has 0 spiro atoms. The van der Waals surface area contributed by atoms with E-state index >= 15 is 0 Å². The number of rotatable bonds is 8. The van der Waals surface area contributed by atoms with Crippen LogP contribution in [0.15, 0.2) is 119 Å². The van der Waals surface area contributed by atoms with Crippen molar-refractivity contribution < 1.29 is 9.53 Å². The van der Waals surface area contributed by atoms with Crippen LogP contribution in [-0.4, -0.2) is 22.5 Å². The number of thioether (sulfide) groups is 1. The number of carbonyl (C=O) groups is 1. The second-order valence-corrected chi connectivity index (χ2v) is 9.67. The molecule has 1 aliphatic heterocycles. The van der Waals surface area contributed by atoms with Gasteiger partial charge in [0.2, 0.25) is 0 Å². The van der Waals surface area contributed by atoms with Gasteiger partial charge in [-0.25, -0.2) is 4.99 Å². The lowest BCUT2D eigenvalue weighted by Gasteiger charge is -2.15. The molecule has 4 aromatic rings. The lowest BCUT2D eigenvalue weighted by Crippen LogP contribution is -2.31. The Kier molecular flexibility index (Phi) is 7.98. The molecule has 1 fully saturated rings. The van der Waals surface area contributed by atoms with Crippen molar-refractivity contribution >= 4 is 34.6 Å². The Hall–Kier alpha value is -4.60. The Morgan fingerprint density at radius 2 is 1.55 bits per heavy atom. The number of benzene rings is 4. The Labute approximate surface area is 226 Å². The van der Waals surface area contributed by atoms with Gasteiger partial charge in [-0.2, -0.15) is 5.26 Å². The molecule has 0 N–H and O–H groups in total. The number of para-hydroxylation sites is 1. The molecule has 0 radical (unpaired) electrons. The predicted octanol–water partition coefficient (Wildman–Crippen LogP) is 6.98. The van der Waals surface area contributed by atoms with Gasteiger partial charge in [0, 0.05) is 12.1 Å². The lowest BCUT2D eigenvalue weighted by molar-refractivity contribution is -0.122. The van der Waals surface area contributed by atoms with E-state index in [4.69, 9.17) is 9.73 Å². The Morgan fingerprint density at radius 1 is 0.868 bits per heavy atom. The van der Waals surface area contributed by atoms with Crippen LogP contribution in [0.25, 0.3) is 6.08 Å². The minimum absolute atomic E-state index is 0.0472. The molecule has 1 heterocycles. The molecule has 1 aliphatic rings. The molecule has 1 saturated heterocycles. The van der Waals surface area contributed by atoms with Gasteiger partial charge in [0.05, 0.1) is 22.2 Å². The predicted molar refractivity (Wildman–Crippen MR) is 153 cm³/mol. The molecule has 0 unspecified atom stereocenters. The van der Waals surface area contributed by atoms with Gasteiger partial charge in [0.15, 0.2) is 5.17 Å². The SMILES string of the molecule is N#Cc1ccccc1COc1ccc(/C=C2/SC(=Nc3ccccc3)N(CCc3ccccc3)C2=O)cc1. The molecule has 0 atom stereocenters. The fourth-order valence-corrected chi connectivity index (χ4v) is 5.04. The van der Waals surface area contributed by atoms with E-state index in [-0.39, 0.29) is 5.91 Å². The van der Waals surface area contributed by atoms with E-state index in [1.54, 1.807) is 11.0 Å². The average molecular weight is 516 g/mol. The van der Waals surface area contributed by atoms with Gasteiger partial charge < -0.3 is 4.74 Å². The third-order valence-corrected chi connectivity index (χ3v) is 7.05. The highest BCUT2D eigenvalue weighted by Crippen LogP contribution is 2.34. The van der Waals surface area contributed by atoms with E-state index in [9.17, 15) is 10.1 Å². The second-order valence-electron chi connectivity index (χ2n) is 8.66. The molecule has 38 heavy (non-hydrogen) atoms. The summed E-state index contributed by atoms with van der Waals surface area (Å²) >= 11 is 1.39. The van der Waals surface area contributed by atoms with Gasteiger partial charge >= 0.3 is 0 Å². The third kappa shape index (κ3) is 6.20. The van der Waals surface area contributed by atoms with Crippen molar-refractivity contribution in [2.75, 3.05) is 6.54 Å². The summed E-state index contributed by atoms with van der Waals surface area (Å²) in [5.74, 6) is 0.648. The fourth-order valence-electron chi connectivity index (χ4n) is 4.02. The maximum atomic E-state index is 13.4. The molecule has 0 aliphatic carbocycles. The van der Waals surface area contributed by atoms with Crippen molar-refractivity contribution in [1.29, 1.82) is 5.26 Å². The largest absolute Gasteiger partial charge is 0.489 e. The maximum Gasteiger partial charge on any atom is 0.266 e. The molecule has 4 aromatic carbocycles. The summed E-state index contributed by atoms with van der Waals surface area (Å²) in [5.41, 5.74) is 4.34. The van der Waals surface area contributed by atoms with Crippen LogP contribution in [0.1, 0.15) is 22.3 Å². The number of amides is 1. The van der Waals surface area contributed by atoms with E-state index in [0.717, 1.165) is 23.2 Å². The van der Waals surface area contributed by atoms with Crippen molar-refractivity contribution in [3.63, 3.8) is 0 Å². The van der Waals surface area contributed by atoms with Crippen molar-refractivity contribution in [3.8, 4) is 11.8 Å². The molecular formula is C32H25N3O2S. The van der Waals surface area contributed by atoms with E-state index in [2.05, 4.69) is 18.2 Å². The molecule has 1 amide bonds. The minimum atomic E-state index is -0.0472. The van der Waals surface area contributed by atoms with Crippen LogP contribution in [0.5, 0.6) is 5.75 Å². The summed E-state index contributed by atoms with van der Waals surface area (Å²) in [6.45, 7) is 0.865. The molecule has 0 aromatic heterocycles. The van der Waals surface area contributed by atoms with Gasteiger partial charge in [-0.15, -0.1) is 0 Å². The number of amidine groups is 1. The number of nitriles is 1. The van der Waals surface area contributed by atoms with Crippen LogP contribution in [0.3, 0.4) is 0 Å². The zero-order chi connectivity index (χ0) is 26.2. The number of aliphatic imine (C=N–C) groups is 1. The highest BCUT2D eigenvalue weighted by molar-refractivity contribution is 8.18. The van der Waals surface area contributed by atoms with Crippen LogP contribution in [0.4, 0.5) is 5.69 Å². The van der Waals surface area contributed by atoms with Gasteiger partial charge in [0.1, 0.15) is 12.4 Å². The summed E-state index contributed by atoms with van der Waals surface area (Å²) in [5, 5.41) is 9.95. The highest BCUT2D eigenvalue weighted by atomic mass is 32.2. The summed E-state index contributed by atoms with van der Waals surface area (Å²) in [4.78, 5) is 20.6. The van der Waals surface area contributed by atoms with Crippen LogP contribution in [-0.2, 0) is 17.8 Å². The lowest BCUT2D eigenvalue weighted by atomic mass is 10.1. The zero-order valence-corrected chi connectivity index (χ0v) is 21.5. The summed E-state index contributed by atoms with van der Waals surface area (Å²) in [6, 6.07) is 37.0. The molecule has 6 heteroatoms. The normalized spacial score (nSPS) is 15.1. The van der Waals surface area contributed by atoms with E-state index in [0.29, 0.717) is 34.5 Å². The van der Waals surface area contributed by atoms with Crippen LogP contribution in [0.2, 0.25) is 0 Å². The van der Waals surface area contributed by atoms with Crippen LogP contribution < -0.4 is 4.74 Å². The standard InChI is InChI=1S/C32H25N3O2S/c33-22-26-11-7-8-12-27(26)23-37-29-17-15-25(16-18-29)21-30-31(36)35(20-19-24-9-3-1-4-10-24)32(38-30)34-28-13-5-2-6-14-28/h1-18,21H,19-20,23H2/b30-21+,34-32?. The van der Waals surface area contributed by atoms with E-state index < -0.39 is 0 Å². The van der Waals surface area contributed by atoms with E-state index in [1.807, 2.05) is 97.1 Å². The van der Waals surface area contributed by atoms with E-state index in [1.165, 1.54) is 17.3 Å². The number of hydrogen-bond acceptors (Lipinski definition) is 5. The Balaban J connectivity index is 1.32. The van der Waals surface area contributed by atoms with Crippen LogP contribution in [0, 0.1) is 11.3 Å². The quantitative estimate of drug-likeness (QED) is 0.237. The number of nitrogens with zero attached hydrogens (tertiary/aromatic N) is 3. The minimum Gasteiger partial charge on any atom is -0.489 e.